The molecule has 0 saturated heterocycles. The SMILES string of the molecule is COc1ccc(CCC(C)NC(=O)NCC(O)c2ccco2)cc1. The third kappa shape index (κ3) is 5.62. The summed E-state index contributed by atoms with van der Waals surface area (Å²) < 4.78 is 10.2. The van der Waals surface area contributed by atoms with Crippen molar-refractivity contribution in [2.24, 2.45) is 0 Å². The lowest BCUT2D eigenvalue weighted by atomic mass is 10.1. The maximum absolute atomic E-state index is 11.8. The number of aryl methyl sites for hydroxylation is 1. The highest BCUT2D eigenvalue weighted by molar-refractivity contribution is 5.74. The Labute approximate surface area is 141 Å². The van der Waals surface area contributed by atoms with Crippen LogP contribution in [0.5, 0.6) is 5.75 Å². The Balaban J connectivity index is 1.67. The van der Waals surface area contributed by atoms with Crippen molar-refractivity contribution in [1.82, 2.24) is 10.6 Å². The molecule has 0 aliphatic heterocycles. The van der Waals surface area contributed by atoms with Crippen molar-refractivity contribution >= 4 is 6.03 Å². The zero-order valence-corrected chi connectivity index (χ0v) is 14.0. The van der Waals surface area contributed by atoms with Gasteiger partial charge in [-0.05, 0) is 49.6 Å². The molecule has 0 aliphatic rings. The molecule has 1 aromatic heterocycles. The Morgan fingerprint density at radius 3 is 2.67 bits per heavy atom. The molecule has 24 heavy (non-hydrogen) atoms. The minimum absolute atomic E-state index is 0.0212. The van der Waals surface area contributed by atoms with E-state index in [0.717, 1.165) is 18.6 Å². The van der Waals surface area contributed by atoms with Gasteiger partial charge in [0.05, 0.1) is 19.9 Å². The summed E-state index contributed by atoms with van der Waals surface area (Å²) in [5, 5.41) is 15.3. The van der Waals surface area contributed by atoms with Gasteiger partial charge in [0.1, 0.15) is 17.6 Å². The van der Waals surface area contributed by atoms with Crippen molar-refractivity contribution in [1.29, 1.82) is 0 Å². The Kier molecular flexibility index (Phi) is 6.69. The van der Waals surface area contributed by atoms with E-state index in [2.05, 4.69) is 10.6 Å². The van der Waals surface area contributed by atoms with Crippen molar-refractivity contribution in [3.05, 3.63) is 54.0 Å². The Bertz CT molecular complexity index is 610. The molecule has 6 nitrogen and oxygen atoms in total. The molecule has 2 unspecified atom stereocenters. The third-order valence-corrected chi connectivity index (χ3v) is 3.73. The molecular formula is C18H24N2O4. The number of furan rings is 1. The molecule has 130 valence electrons. The maximum Gasteiger partial charge on any atom is 0.315 e. The first-order chi connectivity index (χ1) is 11.6. The van der Waals surface area contributed by atoms with E-state index in [9.17, 15) is 9.90 Å². The molecule has 2 atom stereocenters. The van der Waals surface area contributed by atoms with Crippen LogP contribution in [0.1, 0.15) is 30.8 Å². The zero-order chi connectivity index (χ0) is 17.4. The van der Waals surface area contributed by atoms with Crippen molar-refractivity contribution in [2.45, 2.75) is 31.9 Å². The van der Waals surface area contributed by atoms with E-state index in [-0.39, 0.29) is 18.6 Å². The molecule has 2 amide bonds. The van der Waals surface area contributed by atoms with Crippen molar-refractivity contribution in [2.75, 3.05) is 13.7 Å². The minimum atomic E-state index is -0.847. The van der Waals surface area contributed by atoms with Crippen LogP contribution in [0.4, 0.5) is 4.79 Å². The number of rotatable bonds is 8. The number of hydrogen-bond acceptors (Lipinski definition) is 4. The van der Waals surface area contributed by atoms with Crippen LogP contribution in [0.2, 0.25) is 0 Å². The number of methoxy groups -OCH3 is 1. The van der Waals surface area contributed by atoms with Crippen LogP contribution in [0.25, 0.3) is 0 Å². The normalized spacial score (nSPS) is 13.1. The molecule has 1 heterocycles. The highest BCUT2D eigenvalue weighted by atomic mass is 16.5. The van der Waals surface area contributed by atoms with Gasteiger partial charge in [0.15, 0.2) is 0 Å². The molecule has 0 aliphatic carbocycles. The molecule has 0 bridgehead atoms. The lowest BCUT2D eigenvalue weighted by molar-refractivity contribution is 0.147. The molecule has 6 heteroatoms. The number of urea groups is 1. The predicted molar refractivity (Wildman–Crippen MR) is 91.0 cm³/mol. The van der Waals surface area contributed by atoms with Crippen LogP contribution in [0.15, 0.2) is 47.1 Å². The Hall–Kier alpha value is -2.47. The number of aliphatic hydroxyl groups is 1. The summed E-state index contributed by atoms with van der Waals surface area (Å²) >= 11 is 0. The lowest BCUT2D eigenvalue weighted by Crippen LogP contribution is -2.42. The van der Waals surface area contributed by atoms with E-state index < -0.39 is 6.10 Å². The fourth-order valence-electron chi connectivity index (χ4n) is 2.29. The first-order valence-corrected chi connectivity index (χ1v) is 7.97. The van der Waals surface area contributed by atoms with Gasteiger partial charge in [0.25, 0.3) is 0 Å². The van der Waals surface area contributed by atoms with E-state index >= 15 is 0 Å². The van der Waals surface area contributed by atoms with Gasteiger partial charge in [-0.25, -0.2) is 4.79 Å². The van der Waals surface area contributed by atoms with E-state index in [1.54, 1.807) is 19.2 Å². The average molecular weight is 332 g/mol. The summed E-state index contributed by atoms with van der Waals surface area (Å²) in [6.07, 6.45) is 2.32. The molecule has 0 fully saturated rings. The Morgan fingerprint density at radius 1 is 1.29 bits per heavy atom. The van der Waals surface area contributed by atoms with Crippen molar-refractivity contribution < 1.29 is 19.1 Å². The van der Waals surface area contributed by atoms with Gasteiger partial charge in [-0.3, -0.25) is 0 Å². The van der Waals surface area contributed by atoms with Gasteiger partial charge >= 0.3 is 6.03 Å². The van der Waals surface area contributed by atoms with E-state index in [1.165, 1.54) is 11.8 Å². The number of nitrogens with one attached hydrogen (secondary N) is 2. The van der Waals surface area contributed by atoms with E-state index in [0.29, 0.717) is 5.76 Å². The topological polar surface area (TPSA) is 83.7 Å². The summed E-state index contributed by atoms with van der Waals surface area (Å²) in [6, 6.07) is 11.0. The summed E-state index contributed by atoms with van der Waals surface area (Å²) in [6.45, 7) is 2.05. The van der Waals surface area contributed by atoms with Crippen LogP contribution < -0.4 is 15.4 Å². The number of aliphatic hydroxyl groups excluding tert-OH is 1. The predicted octanol–water partition coefficient (Wildman–Crippen LogP) is 2.64. The second kappa shape index (κ2) is 8.98. The van der Waals surface area contributed by atoms with Gasteiger partial charge in [-0.15, -0.1) is 0 Å². The van der Waals surface area contributed by atoms with E-state index in [4.69, 9.17) is 9.15 Å². The van der Waals surface area contributed by atoms with Crippen LogP contribution in [-0.2, 0) is 6.42 Å². The number of carbonyl (C=O) groups excluding carboxylic acids is 1. The Morgan fingerprint density at radius 2 is 2.04 bits per heavy atom. The molecular weight excluding hydrogens is 308 g/mol. The number of benzene rings is 1. The molecule has 0 radical (unpaired) electrons. The fourth-order valence-corrected chi connectivity index (χ4v) is 2.29. The summed E-state index contributed by atoms with van der Waals surface area (Å²) in [5.41, 5.74) is 1.19. The van der Waals surface area contributed by atoms with Gasteiger partial charge in [-0.2, -0.15) is 0 Å². The number of amides is 2. The van der Waals surface area contributed by atoms with Gasteiger partial charge in [-0.1, -0.05) is 12.1 Å². The van der Waals surface area contributed by atoms with Crippen LogP contribution in [0.3, 0.4) is 0 Å². The van der Waals surface area contributed by atoms with Gasteiger partial charge in [0.2, 0.25) is 0 Å². The molecule has 2 rings (SSSR count). The second-order valence-electron chi connectivity index (χ2n) is 5.67. The van der Waals surface area contributed by atoms with E-state index in [1.807, 2.05) is 31.2 Å². The van der Waals surface area contributed by atoms with Crippen molar-refractivity contribution in [3.8, 4) is 5.75 Å². The quantitative estimate of drug-likeness (QED) is 0.694. The monoisotopic (exact) mass is 332 g/mol. The molecule has 0 spiro atoms. The summed E-state index contributed by atoms with van der Waals surface area (Å²) in [7, 11) is 1.64. The zero-order valence-electron chi connectivity index (χ0n) is 14.0. The molecule has 3 N–H and O–H groups in total. The van der Waals surface area contributed by atoms with Crippen molar-refractivity contribution in [3.63, 3.8) is 0 Å². The molecule has 2 aromatic rings. The minimum Gasteiger partial charge on any atom is -0.497 e. The molecule has 0 saturated carbocycles. The van der Waals surface area contributed by atoms with Crippen LogP contribution >= 0.6 is 0 Å². The third-order valence-electron chi connectivity index (χ3n) is 3.73. The second-order valence-corrected chi connectivity index (χ2v) is 5.67. The number of ether oxygens (including phenoxy) is 1. The smallest absolute Gasteiger partial charge is 0.315 e. The van der Waals surface area contributed by atoms with Crippen LogP contribution in [-0.4, -0.2) is 30.8 Å². The average Bonchev–Trinajstić information content (AvgIpc) is 3.13. The van der Waals surface area contributed by atoms with Gasteiger partial charge in [0, 0.05) is 6.04 Å². The summed E-state index contributed by atoms with van der Waals surface area (Å²) in [5.74, 6) is 1.27. The summed E-state index contributed by atoms with van der Waals surface area (Å²) in [4.78, 5) is 11.8. The number of hydrogen-bond donors (Lipinski definition) is 3. The molecule has 1 aromatic carbocycles. The highest BCUT2D eigenvalue weighted by Crippen LogP contribution is 2.13. The maximum atomic E-state index is 11.8. The van der Waals surface area contributed by atoms with Gasteiger partial charge < -0.3 is 24.9 Å². The first kappa shape index (κ1) is 17.9. The van der Waals surface area contributed by atoms with Crippen LogP contribution in [0, 0.1) is 0 Å². The number of carbonyl (C=O) groups is 1. The lowest BCUT2D eigenvalue weighted by Gasteiger charge is -2.16. The fraction of sp³-hybridized carbons (Fsp3) is 0.389. The highest BCUT2D eigenvalue weighted by Gasteiger charge is 2.13. The largest absolute Gasteiger partial charge is 0.497 e. The first-order valence-electron chi connectivity index (χ1n) is 7.97. The standard InChI is InChI=1S/C18H24N2O4/c1-13(5-6-14-7-9-15(23-2)10-8-14)20-18(22)19-12-16(21)17-4-3-11-24-17/h3-4,7-11,13,16,21H,5-6,12H2,1-2H3,(H2,19,20,22).